The van der Waals surface area contributed by atoms with E-state index in [-0.39, 0.29) is 17.0 Å². The van der Waals surface area contributed by atoms with E-state index < -0.39 is 17.1 Å². The molecule has 3 aromatic rings. The highest BCUT2D eigenvalue weighted by molar-refractivity contribution is 8.18. The third-order valence-corrected chi connectivity index (χ3v) is 6.14. The van der Waals surface area contributed by atoms with Gasteiger partial charge in [-0.05, 0) is 53.7 Å². The summed E-state index contributed by atoms with van der Waals surface area (Å²) in [5.41, 5.74) is 1.15. The van der Waals surface area contributed by atoms with E-state index in [0.717, 1.165) is 16.7 Å². The number of thioether (sulfide) groups is 1. The molecule has 1 fully saturated rings. The Morgan fingerprint density at radius 1 is 1.06 bits per heavy atom. The van der Waals surface area contributed by atoms with E-state index >= 15 is 0 Å². The molecule has 2 heterocycles. The topological polar surface area (TPSA) is 87.8 Å². The van der Waals surface area contributed by atoms with Crippen molar-refractivity contribution in [3.8, 4) is 11.3 Å². The molecule has 1 aromatic heterocycles. The number of hydrogen-bond acceptors (Lipinski definition) is 5. The van der Waals surface area contributed by atoms with Gasteiger partial charge in [-0.3, -0.25) is 14.5 Å². The van der Waals surface area contributed by atoms with E-state index in [1.54, 1.807) is 36.4 Å². The maximum absolute atomic E-state index is 12.7. The van der Waals surface area contributed by atoms with Gasteiger partial charge in [0.25, 0.3) is 11.1 Å². The summed E-state index contributed by atoms with van der Waals surface area (Å²) in [4.78, 5) is 37.6. The number of carbonyl (C=O) groups is 3. The molecule has 156 valence electrons. The van der Waals surface area contributed by atoms with Gasteiger partial charge in [0, 0.05) is 16.7 Å². The number of halogens is 2. The van der Waals surface area contributed by atoms with Crippen LogP contribution in [0.3, 0.4) is 0 Å². The van der Waals surface area contributed by atoms with E-state index in [1.165, 1.54) is 24.3 Å². The lowest BCUT2D eigenvalue weighted by Crippen LogP contribution is -2.27. The zero-order valence-electron chi connectivity index (χ0n) is 15.7. The standard InChI is InChI=1S/C22H13Cl2NO5S/c23-16-4-2-1-3-13(16)11-25-20(26)19(31-22(25)29)10-14-6-8-18(30-14)15-9-12(21(27)28)5-7-17(15)24/h1-10H,11H2,(H,27,28)/b19-10-. The summed E-state index contributed by atoms with van der Waals surface area (Å²) in [7, 11) is 0. The van der Waals surface area contributed by atoms with E-state index in [2.05, 4.69) is 0 Å². The Kier molecular flexibility index (Phi) is 5.91. The van der Waals surface area contributed by atoms with Gasteiger partial charge in [-0.15, -0.1) is 0 Å². The normalized spacial score (nSPS) is 15.2. The summed E-state index contributed by atoms with van der Waals surface area (Å²) >= 11 is 13.1. The number of nitrogens with zero attached hydrogens (tertiary/aromatic N) is 1. The first-order chi connectivity index (χ1) is 14.8. The van der Waals surface area contributed by atoms with Crippen molar-refractivity contribution in [2.75, 3.05) is 0 Å². The van der Waals surface area contributed by atoms with Crippen LogP contribution in [-0.4, -0.2) is 27.1 Å². The highest BCUT2D eigenvalue weighted by Crippen LogP contribution is 2.36. The maximum atomic E-state index is 12.7. The largest absolute Gasteiger partial charge is 0.478 e. The molecule has 1 saturated heterocycles. The number of aromatic carboxylic acids is 1. The molecule has 4 rings (SSSR count). The second-order valence-electron chi connectivity index (χ2n) is 6.56. The van der Waals surface area contributed by atoms with Crippen molar-refractivity contribution in [2.45, 2.75) is 6.54 Å². The average molecular weight is 474 g/mol. The van der Waals surface area contributed by atoms with Gasteiger partial charge in [-0.2, -0.15) is 0 Å². The maximum Gasteiger partial charge on any atom is 0.335 e. The van der Waals surface area contributed by atoms with Crippen LogP contribution in [0.5, 0.6) is 0 Å². The molecule has 2 aromatic carbocycles. The summed E-state index contributed by atoms with van der Waals surface area (Å²) in [6.45, 7) is 0.0721. The van der Waals surface area contributed by atoms with Crippen molar-refractivity contribution in [1.29, 1.82) is 0 Å². The Labute approximate surface area is 191 Å². The van der Waals surface area contributed by atoms with Gasteiger partial charge in [0.1, 0.15) is 11.5 Å². The molecule has 6 nitrogen and oxygen atoms in total. The van der Waals surface area contributed by atoms with Crippen molar-refractivity contribution >= 4 is 58.2 Å². The molecular weight excluding hydrogens is 461 g/mol. The van der Waals surface area contributed by atoms with Crippen LogP contribution >= 0.6 is 35.0 Å². The number of carboxylic acids is 1. The van der Waals surface area contributed by atoms with Gasteiger partial charge in [0.15, 0.2) is 0 Å². The zero-order valence-corrected chi connectivity index (χ0v) is 18.0. The Morgan fingerprint density at radius 2 is 1.84 bits per heavy atom. The zero-order chi connectivity index (χ0) is 22.1. The van der Waals surface area contributed by atoms with Gasteiger partial charge in [0.05, 0.1) is 22.0 Å². The van der Waals surface area contributed by atoms with Crippen molar-refractivity contribution in [3.05, 3.63) is 86.4 Å². The highest BCUT2D eigenvalue weighted by atomic mass is 35.5. The molecule has 0 unspecified atom stereocenters. The number of amides is 2. The molecule has 0 radical (unpaired) electrons. The Hall–Kier alpha value is -3.00. The first-order valence-electron chi connectivity index (χ1n) is 8.95. The van der Waals surface area contributed by atoms with Gasteiger partial charge in [0.2, 0.25) is 0 Å². The quantitative estimate of drug-likeness (QED) is 0.444. The molecule has 0 spiro atoms. The minimum atomic E-state index is -1.09. The predicted molar refractivity (Wildman–Crippen MR) is 119 cm³/mol. The minimum absolute atomic E-state index is 0.0676. The van der Waals surface area contributed by atoms with Gasteiger partial charge >= 0.3 is 5.97 Å². The van der Waals surface area contributed by atoms with E-state index in [9.17, 15) is 19.5 Å². The van der Waals surface area contributed by atoms with Gasteiger partial charge in [-0.1, -0.05) is 41.4 Å². The smallest absolute Gasteiger partial charge is 0.335 e. The Bertz CT molecular complexity index is 1250. The number of benzene rings is 2. The molecule has 0 bridgehead atoms. The Morgan fingerprint density at radius 3 is 2.58 bits per heavy atom. The number of rotatable bonds is 5. The van der Waals surface area contributed by atoms with E-state index in [0.29, 0.717) is 32.7 Å². The van der Waals surface area contributed by atoms with Crippen molar-refractivity contribution in [1.82, 2.24) is 4.90 Å². The SMILES string of the molecule is O=C(O)c1ccc(Cl)c(-c2ccc(/C=C3\SC(=O)N(Cc4ccccc4Cl)C3=O)o2)c1. The monoisotopic (exact) mass is 473 g/mol. The van der Waals surface area contributed by atoms with Crippen molar-refractivity contribution in [2.24, 2.45) is 0 Å². The van der Waals surface area contributed by atoms with Crippen molar-refractivity contribution < 1.29 is 23.9 Å². The molecule has 1 N–H and O–H groups in total. The number of carbonyl (C=O) groups excluding carboxylic acids is 2. The van der Waals surface area contributed by atoms with E-state index in [1.807, 2.05) is 0 Å². The molecule has 0 aliphatic carbocycles. The van der Waals surface area contributed by atoms with Crippen LogP contribution in [0.2, 0.25) is 10.0 Å². The summed E-state index contributed by atoms with van der Waals surface area (Å²) in [5, 5.41) is 9.57. The molecule has 0 saturated carbocycles. The number of hydrogen-bond donors (Lipinski definition) is 1. The fourth-order valence-corrected chi connectivity index (χ4v) is 4.21. The van der Waals surface area contributed by atoms with Crippen LogP contribution in [0.1, 0.15) is 21.7 Å². The van der Waals surface area contributed by atoms with Crippen molar-refractivity contribution in [3.63, 3.8) is 0 Å². The van der Waals surface area contributed by atoms with Crippen LogP contribution in [0, 0.1) is 0 Å². The Balaban J connectivity index is 1.58. The lowest BCUT2D eigenvalue weighted by Gasteiger charge is -2.13. The van der Waals surface area contributed by atoms with Crippen LogP contribution < -0.4 is 0 Å². The summed E-state index contributed by atoms with van der Waals surface area (Å²) in [6, 6.07) is 14.5. The fraction of sp³-hybridized carbons (Fsp3) is 0.0455. The lowest BCUT2D eigenvalue weighted by atomic mass is 10.1. The lowest BCUT2D eigenvalue weighted by molar-refractivity contribution is -0.123. The molecule has 1 aliphatic rings. The molecule has 1 aliphatic heterocycles. The summed E-state index contributed by atoms with van der Waals surface area (Å²) < 4.78 is 5.73. The van der Waals surface area contributed by atoms with Crippen LogP contribution in [-0.2, 0) is 11.3 Å². The molecular formula is C22H13Cl2NO5S. The fourth-order valence-electron chi connectivity index (χ4n) is 2.98. The van der Waals surface area contributed by atoms with Gasteiger partial charge < -0.3 is 9.52 Å². The van der Waals surface area contributed by atoms with Crippen LogP contribution in [0.25, 0.3) is 17.4 Å². The second-order valence-corrected chi connectivity index (χ2v) is 8.37. The molecule has 31 heavy (non-hydrogen) atoms. The third kappa shape index (κ3) is 4.39. The van der Waals surface area contributed by atoms with Crippen LogP contribution in [0.4, 0.5) is 4.79 Å². The molecule has 2 amide bonds. The predicted octanol–water partition coefficient (Wildman–Crippen LogP) is 6.19. The summed E-state index contributed by atoms with van der Waals surface area (Å²) in [5.74, 6) is -0.861. The first-order valence-corrected chi connectivity index (χ1v) is 10.5. The van der Waals surface area contributed by atoms with Gasteiger partial charge in [-0.25, -0.2) is 4.79 Å². The summed E-state index contributed by atoms with van der Waals surface area (Å²) in [6.07, 6.45) is 1.47. The molecule has 9 heteroatoms. The average Bonchev–Trinajstić information content (AvgIpc) is 3.30. The molecule has 0 atom stereocenters. The highest BCUT2D eigenvalue weighted by Gasteiger charge is 2.35. The van der Waals surface area contributed by atoms with Crippen LogP contribution in [0.15, 0.2) is 63.9 Å². The van der Waals surface area contributed by atoms with E-state index in [4.69, 9.17) is 27.6 Å². The second kappa shape index (κ2) is 8.63. The minimum Gasteiger partial charge on any atom is -0.478 e. The number of imide groups is 1. The third-order valence-electron chi connectivity index (χ3n) is 4.54. The first kappa shape index (κ1) is 21.2. The number of carboxylic acid groups (broad SMARTS) is 1. The number of furan rings is 1.